The maximum Gasteiger partial charge on any atom is 0.320 e. The van der Waals surface area contributed by atoms with Gasteiger partial charge in [0.05, 0.1) is 5.92 Å². The Hall–Kier alpha value is -2.66. The molecule has 2 aromatic carbocycles. The van der Waals surface area contributed by atoms with E-state index in [0.717, 1.165) is 5.56 Å². The predicted molar refractivity (Wildman–Crippen MR) is 91.0 cm³/mol. The minimum atomic E-state index is -0.971. The van der Waals surface area contributed by atoms with Gasteiger partial charge in [0.15, 0.2) is 0 Å². The number of carbonyl (C=O) groups is 2. The van der Waals surface area contributed by atoms with Crippen molar-refractivity contribution in [2.45, 2.75) is 24.8 Å². The third kappa shape index (κ3) is 5.21. The molecule has 0 spiro atoms. The summed E-state index contributed by atoms with van der Waals surface area (Å²) in [6.07, 6.45) is 1.02. The molecule has 2 rings (SSSR count). The predicted octanol–water partition coefficient (Wildman–Crippen LogP) is 2.53. The number of rotatable bonds is 9. The summed E-state index contributed by atoms with van der Waals surface area (Å²) in [4.78, 5) is 22.9. The van der Waals surface area contributed by atoms with Crippen LogP contribution < -0.4 is 5.32 Å². The largest absolute Gasteiger partial charge is 0.481 e. The van der Waals surface area contributed by atoms with Crippen molar-refractivity contribution < 1.29 is 19.8 Å². The molecule has 0 aliphatic heterocycles. The van der Waals surface area contributed by atoms with Crippen LogP contribution in [0.15, 0.2) is 60.7 Å². The maximum absolute atomic E-state index is 11.5. The Morgan fingerprint density at radius 2 is 1.46 bits per heavy atom. The van der Waals surface area contributed by atoms with Crippen LogP contribution in [-0.2, 0) is 16.0 Å². The number of hydrogen-bond acceptors (Lipinski definition) is 3. The molecule has 0 heterocycles. The average Bonchev–Trinajstić information content (AvgIpc) is 2.59. The number of aliphatic carboxylic acids is 2. The van der Waals surface area contributed by atoms with E-state index >= 15 is 0 Å². The summed E-state index contributed by atoms with van der Waals surface area (Å²) in [5.41, 5.74) is 1.72. The van der Waals surface area contributed by atoms with Gasteiger partial charge in [0.25, 0.3) is 0 Å². The molecular formula is C19H21NO4. The van der Waals surface area contributed by atoms with E-state index in [-0.39, 0.29) is 6.54 Å². The molecule has 0 bridgehead atoms. The molecule has 5 heteroatoms. The number of nitrogens with one attached hydrogen (secondary N) is 1. The molecule has 0 aromatic heterocycles. The molecular weight excluding hydrogens is 306 g/mol. The van der Waals surface area contributed by atoms with Gasteiger partial charge in [0.2, 0.25) is 0 Å². The zero-order valence-corrected chi connectivity index (χ0v) is 13.3. The van der Waals surface area contributed by atoms with E-state index in [0.29, 0.717) is 18.4 Å². The summed E-state index contributed by atoms with van der Waals surface area (Å²) in [5, 5.41) is 21.7. The summed E-state index contributed by atoms with van der Waals surface area (Å²) in [6.45, 7) is 0.0745. The number of aryl methyl sites for hydroxylation is 1. The highest BCUT2D eigenvalue weighted by atomic mass is 16.4. The molecule has 5 nitrogen and oxygen atoms in total. The van der Waals surface area contributed by atoms with Gasteiger partial charge in [-0.05, 0) is 24.0 Å². The van der Waals surface area contributed by atoms with E-state index in [1.165, 1.54) is 0 Å². The summed E-state index contributed by atoms with van der Waals surface area (Å²) >= 11 is 0. The van der Waals surface area contributed by atoms with E-state index < -0.39 is 23.9 Å². The molecule has 0 aliphatic carbocycles. The van der Waals surface area contributed by atoms with Gasteiger partial charge >= 0.3 is 11.9 Å². The van der Waals surface area contributed by atoms with Crippen LogP contribution in [0.2, 0.25) is 0 Å². The lowest BCUT2D eigenvalue weighted by Gasteiger charge is -2.18. The Morgan fingerprint density at radius 1 is 0.875 bits per heavy atom. The smallest absolute Gasteiger partial charge is 0.320 e. The quantitative estimate of drug-likeness (QED) is 0.659. The first-order valence-corrected chi connectivity index (χ1v) is 7.86. The van der Waals surface area contributed by atoms with E-state index in [9.17, 15) is 19.8 Å². The van der Waals surface area contributed by atoms with Crippen LogP contribution in [0.5, 0.6) is 0 Å². The van der Waals surface area contributed by atoms with Gasteiger partial charge in [-0.25, -0.2) is 0 Å². The van der Waals surface area contributed by atoms with Gasteiger partial charge in [0.1, 0.15) is 6.04 Å². The number of benzene rings is 2. The molecule has 2 aromatic rings. The highest BCUT2D eigenvalue weighted by Gasteiger charge is 2.23. The molecule has 2 atom stereocenters. The lowest BCUT2D eigenvalue weighted by molar-refractivity contribution is -0.141. The van der Waals surface area contributed by atoms with Crippen LogP contribution in [-0.4, -0.2) is 34.7 Å². The highest BCUT2D eigenvalue weighted by Crippen LogP contribution is 2.15. The summed E-state index contributed by atoms with van der Waals surface area (Å²) in [5.74, 6) is -2.71. The Bertz CT molecular complexity index is 658. The maximum atomic E-state index is 11.5. The Labute approximate surface area is 141 Å². The van der Waals surface area contributed by atoms with E-state index in [2.05, 4.69) is 5.32 Å². The number of hydrogen-bond donors (Lipinski definition) is 3. The topological polar surface area (TPSA) is 86.6 Å². The van der Waals surface area contributed by atoms with Gasteiger partial charge in [-0.1, -0.05) is 60.7 Å². The molecule has 0 fully saturated rings. The van der Waals surface area contributed by atoms with Crippen LogP contribution in [0.1, 0.15) is 23.5 Å². The van der Waals surface area contributed by atoms with E-state index in [1.807, 2.05) is 36.4 Å². The minimum absolute atomic E-state index is 0.0745. The monoisotopic (exact) mass is 327 g/mol. The molecule has 0 amide bonds. The fourth-order valence-corrected chi connectivity index (χ4v) is 2.56. The van der Waals surface area contributed by atoms with Crippen LogP contribution in [0.3, 0.4) is 0 Å². The Morgan fingerprint density at radius 3 is 2.00 bits per heavy atom. The van der Waals surface area contributed by atoms with Crippen LogP contribution in [0, 0.1) is 0 Å². The Balaban J connectivity index is 1.96. The van der Waals surface area contributed by atoms with Crippen molar-refractivity contribution in [1.29, 1.82) is 0 Å². The summed E-state index contributed by atoms with van der Waals surface area (Å²) in [7, 11) is 0. The molecule has 0 aliphatic rings. The highest BCUT2D eigenvalue weighted by molar-refractivity contribution is 5.77. The van der Waals surface area contributed by atoms with Gasteiger partial charge < -0.3 is 15.5 Å². The second-order valence-electron chi connectivity index (χ2n) is 5.62. The normalized spacial score (nSPS) is 13.2. The zero-order chi connectivity index (χ0) is 17.4. The van der Waals surface area contributed by atoms with E-state index in [1.54, 1.807) is 24.3 Å². The van der Waals surface area contributed by atoms with Crippen molar-refractivity contribution in [3.05, 3.63) is 71.8 Å². The van der Waals surface area contributed by atoms with E-state index in [4.69, 9.17) is 0 Å². The molecule has 0 saturated heterocycles. The second-order valence-corrected chi connectivity index (χ2v) is 5.62. The molecule has 3 N–H and O–H groups in total. The van der Waals surface area contributed by atoms with Crippen molar-refractivity contribution in [2.75, 3.05) is 6.54 Å². The first kappa shape index (κ1) is 17.7. The molecule has 126 valence electrons. The van der Waals surface area contributed by atoms with Crippen molar-refractivity contribution in [1.82, 2.24) is 5.32 Å². The molecule has 0 saturated carbocycles. The first-order chi connectivity index (χ1) is 11.6. The number of carboxylic acid groups (broad SMARTS) is 2. The average molecular weight is 327 g/mol. The van der Waals surface area contributed by atoms with Gasteiger partial charge in [-0.2, -0.15) is 0 Å². The molecule has 0 radical (unpaired) electrons. The number of carboxylic acids is 2. The van der Waals surface area contributed by atoms with Gasteiger partial charge in [0, 0.05) is 6.54 Å². The summed E-state index contributed by atoms with van der Waals surface area (Å²) < 4.78 is 0. The van der Waals surface area contributed by atoms with Crippen LogP contribution in [0.4, 0.5) is 0 Å². The lowest BCUT2D eigenvalue weighted by atomic mass is 9.98. The molecule has 24 heavy (non-hydrogen) atoms. The lowest BCUT2D eigenvalue weighted by Crippen LogP contribution is -2.40. The zero-order valence-electron chi connectivity index (χ0n) is 13.3. The second kappa shape index (κ2) is 8.84. The fourth-order valence-electron chi connectivity index (χ4n) is 2.56. The van der Waals surface area contributed by atoms with Gasteiger partial charge in [-0.15, -0.1) is 0 Å². The minimum Gasteiger partial charge on any atom is -0.481 e. The van der Waals surface area contributed by atoms with Crippen molar-refractivity contribution in [2.24, 2.45) is 0 Å². The Kier molecular flexibility index (Phi) is 6.51. The standard InChI is InChI=1S/C19H21NO4/c21-18(22)16(15-9-5-2-6-10-15)13-20-17(19(23)24)12-11-14-7-3-1-4-8-14/h1-10,16-17,20H,11-13H2,(H,21,22)(H,23,24). The fraction of sp³-hybridized carbons (Fsp3) is 0.263. The first-order valence-electron chi connectivity index (χ1n) is 7.86. The van der Waals surface area contributed by atoms with Crippen LogP contribution in [0.25, 0.3) is 0 Å². The SMILES string of the molecule is O=C(O)C(CCc1ccccc1)NCC(C(=O)O)c1ccccc1. The third-order valence-electron chi connectivity index (χ3n) is 3.93. The summed E-state index contributed by atoms with van der Waals surface area (Å²) in [6, 6.07) is 17.7. The van der Waals surface area contributed by atoms with Gasteiger partial charge in [-0.3, -0.25) is 9.59 Å². The van der Waals surface area contributed by atoms with Crippen molar-refractivity contribution in [3.8, 4) is 0 Å². The molecule has 2 unspecified atom stereocenters. The van der Waals surface area contributed by atoms with Crippen molar-refractivity contribution >= 4 is 11.9 Å². The third-order valence-corrected chi connectivity index (χ3v) is 3.93. The van der Waals surface area contributed by atoms with Crippen molar-refractivity contribution in [3.63, 3.8) is 0 Å². The van der Waals surface area contributed by atoms with Crippen LogP contribution >= 0.6 is 0 Å².